The van der Waals surface area contributed by atoms with Gasteiger partial charge in [0.15, 0.2) is 0 Å². The summed E-state index contributed by atoms with van der Waals surface area (Å²) in [7, 11) is 1.61. The van der Waals surface area contributed by atoms with Gasteiger partial charge in [0, 0.05) is 7.11 Å². The number of hydrogen-bond donors (Lipinski definition) is 0. The molecular weight excluding hydrogens is 207 g/mol. The van der Waals surface area contributed by atoms with E-state index in [2.05, 4.69) is 0 Å². The van der Waals surface area contributed by atoms with Gasteiger partial charge in [-0.1, -0.05) is 17.7 Å². The molecule has 76 valence electrons. The van der Waals surface area contributed by atoms with E-state index < -0.39 is 11.4 Å². The van der Waals surface area contributed by atoms with Crippen molar-refractivity contribution in [1.29, 1.82) is 0 Å². The van der Waals surface area contributed by atoms with E-state index in [9.17, 15) is 4.39 Å². The Balaban J connectivity index is 2.36. The maximum absolute atomic E-state index is 12.9. The highest BCUT2D eigenvalue weighted by atomic mass is 35.5. The lowest BCUT2D eigenvalue weighted by atomic mass is 9.92. The molecule has 0 aliphatic carbocycles. The average Bonchev–Trinajstić information content (AvgIpc) is 2.10. The fraction of sp³-hybridized carbons (Fsp3) is 0.400. The zero-order chi connectivity index (χ0) is 10.2. The summed E-state index contributed by atoms with van der Waals surface area (Å²) in [5, 5.41) is 0.117. The Morgan fingerprint density at radius 1 is 1.50 bits per heavy atom. The van der Waals surface area contributed by atoms with Gasteiger partial charge in [-0.25, -0.2) is 4.39 Å². The van der Waals surface area contributed by atoms with Crippen LogP contribution in [0, 0.1) is 5.82 Å². The van der Waals surface area contributed by atoms with Crippen LogP contribution in [0.25, 0.3) is 0 Å². The number of methoxy groups -OCH3 is 1. The molecule has 0 bridgehead atoms. The fourth-order valence-electron chi connectivity index (χ4n) is 1.47. The van der Waals surface area contributed by atoms with Crippen LogP contribution in [-0.2, 0) is 15.1 Å². The van der Waals surface area contributed by atoms with Gasteiger partial charge in [0.25, 0.3) is 0 Å². The minimum absolute atomic E-state index is 0.117. The van der Waals surface area contributed by atoms with E-state index in [0.717, 1.165) is 5.56 Å². The highest BCUT2D eigenvalue weighted by molar-refractivity contribution is 6.30. The Morgan fingerprint density at radius 3 is 2.64 bits per heavy atom. The monoisotopic (exact) mass is 216 g/mol. The van der Waals surface area contributed by atoms with Gasteiger partial charge in [-0.15, -0.1) is 0 Å². The zero-order valence-corrected chi connectivity index (χ0v) is 8.47. The maximum atomic E-state index is 12.9. The first kappa shape index (κ1) is 9.90. The van der Waals surface area contributed by atoms with E-state index >= 15 is 0 Å². The van der Waals surface area contributed by atoms with E-state index in [1.165, 1.54) is 6.07 Å². The lowest BCUT2D eigenvalue weighted by Gasteiger charge is -2.40. The molecule has 0 unspecified atom stereocenters. The predicted octanol–water partition coefficient (Wildman–Crippen LogP) is 2.35. The number of halogens is 2. The number of hydrogen-bond acceptors (Lipinski definition) is 2. The van der Waals surface area contributed by atoms with Crippen LogP contribution in [0.1, 0.15) is 5.56 Å². The first-order valence-electron chi connectivity index (χ1n) is 4.26. The van der Waals surface area contributed by atoms with Gasteiger partial charge in [0.05, 0.1) is 18.2 Å². The first-order chi connectivity index (χ1) is 6.68. The van der Waals surface area contributed by atoms with Crippen molar-refractivity contribution in [3.05, 3.63) is 34.6 Å². The Labute approximate surface area is 86.6 Å². The SMILES string of the molecule is COC1(c2ccc(F)c(Cl)c2)COC1. The molecule has 2 nitrogen and oxygen atoms in total. The molecule has 0 spiro atoms. The topological polar surface area (TPSA) is 18.5 Å². The second-order valence-electron chi connectivity index (χ2n) is 3.32. The second-order valence-corrected chi connectivity index (χ2v) is 3.73. The van der Waals surface area contributed by atoms with E-state index in [4.69, 9.17) is 21.1 Å². The molecule has 0 radical (unpaired) electrons. The van der Waals surface area contributed by atoms with Crippen molar-refractivity contribution in [2.24, 2.45) is 0 Å². The second kappa shape index (κ2) is 3.50. The van der Waals surface area contributed by atoms with Crippen molar-refractivity contribution in [2.75, 3.05) is 20.3 Å². The molecule has 1 aliphatic heterocycles. The third kappa shape index (κ3) is 1.41. The quantitative estimate of drug-likeness (QED) is 0.756. The van der Waals surface area contributed by atoms with Gasteiger partial charge < -0.3 is 9.47 Å². The molecule has 2 rings (SSSR count). The first-order valence-corrected chi connectivity index (χ1v) is 4.64. The minimum atomic E-state index is -0.433. The van der Waals surface area contributed by atoms with Crippen molar-refractivity contribution in [3.8, 4) is 0 Å². The Kier molecular flexibility index (Phi) is 2.47. The summed E-state index contributed by atoms with van der Waals surface area (Å²) in [6.07, 6.45) is 0. The van der Waals surface area contributed by atoms with Crippen LogP contribution in [0.3, 0.4) is 0 Å². The third-order valence-electron chi connectivity index (χ3n) is 2.51. The summed E-state index contributed by atoms with van der Waals surface area (Å²) in [5.74, 6) is -0.415. The van der Waals surface area contributed by atoms with Gasteiger partial charge in [0.1, 0.15) is 11.4 Å². The van der Waals surface area contributed by atoms with E-state index in [1.54, 1.807) is 19.2 Å². The Hall–Kier alpha value is -0.640. The molecule has 0 N–H and O–H groups in total. The third-order valence-corrected chi connectivity index (χ3v) is 2.80. The lowest BCUT2D eigenvalue weighted by molar-refractivity contribution is -0.202. The van der Waals surface area contributed by atoms with Crippen LogP contribution in [0.5, 0.6) is 0 Å². The van der Waals surface area contributed by atoms with E-state index in [-0.39, 0.29) is 5.02 Å². The van der Waals surface area contributed by atoms with Crippen LogP contribution in [0.4, 0.5) is 4.39 Å². The summed E-state index contributed by atoms with van der Waals surface area (Å²) in [5.41, 5.74) is 0.426. The lowest BCUT2D eigenvalue weighted by Crippen LogP contribution is -2.48. The van der Waals surface area contributed by atoms with Gasteiger partial charge in [-0.05, 0) is 17.7 Å². The summed E-state index contributed by atoms with van der Waals surface area (Å²) < 4.78 is 23.3. The van der Waals surface area contributed by atoms with Crippen LogP contribution in [0.15, 0.2) is 18.2 Å². The van der Waals surface area contributed by atoms with E-state index in [1.807, 2.05) is 0 Å². The largest absolute Gasteiger partial charge is 0.375 e. The predicted molar refractivity (Wildman–Crippen MR) is 50.9 cm³/mol. The van der Waals surface area contributed by atoms with Crippen LogP contribution >= 0.6 is 11.6 Å². The van der Waals surface area contributed by atoms with Crippen molar-refractivity contribution in [1.82, 2.24) is 0 Å². The molecule has 1 aliphatic rings. The Bertz CT molecular complexity index is 344. The summed E-state index contributed by atoms with van der Waals surface area (Å²) in [4.78, 5) is 0. The van der Waals surface area contributed by atoms with E-state index in [0.29, 0.717) is 13.2 Å². The van der Waals surface area contributed by atoms with Gasteiger partial charge in [-0.2, -0.15) is 0 Å². The van der Waals surface area contributed by atoms with Crippen molar-refractivity contribution in [2.45, 2.75) is 5.60 Å². The molecule has 0 atom stereocenters. The van der Waals surface area contributed by atoms with Crippen molar-refractivity contribution >= 4 is 11.6 Å². The normalized spacial score (nSPS) is 19.1. The smallest absolute Gasteiger partial charge is 0.141 e. The van der Waals surface area contributed by atoms with Crippen LogP contribution in [-0.4, -0.2) is 20.3 Å². The molecular formula is C10H10ClFO2. The van der Waals surface area contributed by atoms with Crippen LogP contribution in [0.2, 0.25) is 5.02 Å². The molecule has 0 aromatic heterocycles. The summed E-state index contributed by atoms with van der Waals surface area (Å²) >= 11 is 5.69. The fourth-order valence-corrected chi connectivity index (χ4v) is 1.65. The van der Waals surface area contributed by atoms with Crippen LogP contribution < -0.4 is 0 Å². The van der Waals surface area contributed by atoms with Crippen molar-refractivity contribution in [3.63, 3.8) is 0 Å². The van der Waals surface area contributed by atoms with Gasteiger partial charge >= 0.3 is 0 Å². The molecule has 1 fully saturated rings. The summed E-state index contributed by atoms with van der Waals surface area (Å²) in [6, 6.07) is 4.60. The number of rotatable bonds is 2. The number of ether oxygens (including phenoxy) is 2. The molecule has 14 heavy (non-hydrogen) atoms. The summed E-state index contributed by atoms with van der Waals surface area (Å²) in [6.45, 7) is 0.983. The molecule has 1 saturated heterocycles. The molecule has 0 saturated carbocycles. The maximum Gasteiger partial charge on any atom is 0.141 e. The molecule has 4 heteroatoms. The van der Waals surface area contributed by atoms with Gasteiger partial charge in [0.2, 0.25) is 0 Å². The van der Waals surface area contributed by atoms with Crippen molar-refractivity contribution < 1.29 is 13.9 Å². The zero-order valence-electron chi connectivity index (χ0n) is 7.72. The highest BCUT2D eigenvalue weighted by Gasteiger charge is 2.40. The molecule has 0 amide bonds. The molecule has 1 aromatic rings. The standard InChI is InChI=1S/C10H10ClFO2/c1-13-10(5-14-6-10)7-2-3-9(12)8(11)4-7/h2-4H,5-6H2,1H3. The minimum Gasteiger partial charge on any atom is -0.375 e. The Morgan fingerprint density at radius 2 is 2.21 bits per heavy atom. The molecule has 1 aromatic carbocycles. The highest BCUT2D eigenvalue weighted by Crippen LogP contribution is 2.34. The van der Waals surface area contributed by atoms with Gasteiger partial charge in [-0.3, -0.25) is 0 Å². The average molecular weight is 217 g/mol. The number of benzene rings is 1. The molecule has 1 heterocycles.